The topological polar surface area (TPSA) is 73.7 Å². The third kappa shape index (κ3) is 4.60. The van der Waals surface area contributed by atoms with Crippen LogP contribution in [-0.4, -0.2) is 40.7 Å². The fourth-order valence-corrected chi connectivity index (χ4v) is 4.59. The van der Waals surface area contributed by atoms with Crippen LogP contribution in [-0.2, 0) is 6.54 Å². The molecule has 0 saturated heterocycles. The molecule has 1 aliphatic rings. The summed E-state index contributed by atoms with van der Waals surface area (Å²) in [4.78, 5) is 29.4. The number of ether oxygens (including phenoxy) is 2. The molecule has 3 aromatic carbocycles. The summed E-state index contributed by atoms with van der Waals surface area (Å²) in [5.41, 5.74) is 4.42. The summed E-state index contributed by atoms with van der Waals surface area (Å²) >= 11 is 0. The van der Waals surface area contributed by atoms with Crippen molar-refractivity contribution < 1.29 is 19.1 Å². The fourth-order valence-electron chi connectivity index (χ4n) is 4.59. The molecule has 0 radical (unpaired) electrons. The number of rotatable bonds is 7. The second-order valence-corrected chi connectivity index (χ2v) is 9.40. The van der Waals surface area contributed by atoms with E-state index < -0.39 is 6.04 Å². The highest BCUT2D eigenvalue weighted by molar-refractivity contribution is 6.05. The Kier molecular flexibility index (Phi) is 6.53. The van der Waals surface area contributed by atoms with Crippen LogP contribution in [0.15, 0.2) is 78.9 Å². The molecule has 188 valence electrons. The molecule has 0 N–H and O–H groups in total. The van der Waals surface area contributed by atoms with Gasteiger partial charge in [0.05, 0.1) is 19.9 Å². The molecule has 0 fully saturated rings. The highest BCUT2D eigenvalue weighted by Gasteiger charge is 2.41. The Balaban J connectivity index is 1.57. The zero-order chi connectivity index (χ0) is 26.1. The summed E-state index contributed by atoms with van der Waals surface area (Å²) in [5.74, 6) is 1.29. The van der Waals surface area contributed by atoms with Gasteiger partial charge in [0.25, 0.3) is 11.8 Å². The van der Waals surface area contributed by atoms with E-state index in [-0.39, 0.29) is 24.1 Å². The molecular formula is C30H29N3O4. The van der Waals surface area contributed by atoms with Crippen LogP contribution in [0.1, 0.15) is 57.8 Å². The van der Waals surface area contributed by atoms with E-state index >= 15 is 0 Å². The van der Waals surface area contributed by atoms with Crippen molar-refractivity contribution in [3.05, 3.63) is 101 Å². The molecule has 37 heavy (non-hydrogen) atoms. The van der Waals surface area contributed by atoms with Crippen molar-refractivity contribution in [3.8, 4) is 22.8 Å². The first-order chi connectivity index (χ1) is 17.9. The highest BCUT2D eigenvalue weighted by atomic mass is 16.5. The Morgan fingerprint density at radius 2 is 1.43 bits per heavy atom. The molecule has 1 aromatic heterocycles. The van der Waals surface area contributed by atoms with Crippen LogP contribution >= 0.6 is 0 Å². The Bertz CT molecular complexity index is 1420. The quantitative estimate of drug-likeness (QED) is 0.327. The van der Waals surface area contributed by atoms with Crippen LogP contribution in [0.25, 0.3) is 11.3 Å². The van der Waals surface area contributed by atoms with Crippen LogP contribution in [0.2, 0.25) is 0 Å². The van der Waals surface area contributed by atoms with Crippen molar-refractivity contribution in [3.63, 3.8) is 0 Å². The van der Waals surface area contributed by atoms with Gasteiger partial charge in [0.2, 0.25) is 0 Å². The Morgan fingerprint density at radius 1 is 0.838 bits per heavy atom. The lowest BCUT2D eigenvalue weighted by Gasteiger charge is -2.35. The van der Waals surface area contributed by atoms with Crippen molar-refractivity contribution >= 4 is 11.8 Å². The van der Waals surface area contributed by atoms with Crippen LogP contribution in [0, 0.1) is 0 Å². The van der Waals surface area contributed by atoms with Crippen molar-refractivity contribution in [1.29, 1.82) is 0 Å². The number of carbonyl (C=O) groups excluding carboxylic acids is 2. The van der Waals surface area contributed by atoms with Gasteiger partial charge in [0.1, 0.15) is 23.2 Å². The van der Waals surface area contributed by atoms with E-state index in [0.29, 0.717) is 11.6 Å². The van der Waals surface area contributed by atoms with Gasteiger partial charge in [-0.15, -0.1) is 0 Å². The van der Waals surface area contributed by atoms with Crippen molar-refractivity contribution in [2.24, 2.45) is 0 Å². The molecule has 7 nitrogen and oxygen atoms in total. The summed E-state index contributed by atoms with van der Waals surface area (Å²) in [7, 11) is 3.22. The molecule has 2 heterocycles. The second kappa shape index (κ2) is 9.93. The fraction of sp³-hybridized carbons (Fsp3) is 0.233. The summed E-state index contributed by atoms with van der Waals surface area (Å²) in [6.07, 6.45) is 0. The number of amides is 1. The van der Waals surface area contributed by atoms with Gasteiger partial charge in [-0.1, -0.05) is 50.2 Å². The molecular weight excluding hydrogens is 466 g/mol. The lowest BCUT2D eigenvalue weighted by molar-refractivity contribution is 0.0472. The van der Waals surface area contributed by atoms with E-state index in [0.717, 1.165) is 28.2 Å². The summed E-state index contributed by atoms with van der Waals surface area (Å²) in [6, 6.07) is 23.7. The molecule has 1 atom stereocenters. The van der Waals surface area contributed by atoms with Gasteiger partial charge in [-0.2, -0.15) is 9.78 Å². The van der Waals surface area contributed by atoms with Gasteiger partial charge in [-0.25, -0.2) is 0 Å². The zero-order valence-electron chi connectivity index (χ0n) is 21.3. The number of hydrogen-bond acceptors (Lipinski definition) is 5. The first-order valence-electron chi connectivity index (χ1n) is 12.2. The summed E-state index contributed by atoms with van der Waals surface area (Å²) < 4.78 is 11.8. The van der Waals surface area contributed by atoms with Crippen LogP contribution in [0.5, 0.6) is 11.5 Å². The second-order valence-electron chi connectivity index (χ2n) is 9.40. The van der Waals surface area contributed by atoms with Crippen molar-refractivity contribution in [2.75, 3.05) is 14.2 Å². The normalized spacial score (nSPS) is 15.2. The predicted octanol–water partition coefficient (Wildman–Crippen LogP) is 5.73. The molecule has 4 aromatic rings. The Labute approximate surface area is 216 Å². The van der Waals surface area contributed by atoms with Crippen LogP contribution in [0.3, 0.4) is 0 Å². The number of methoxy groups -OCH3 is 2. The number of aromatic nitrogens is 2. The molecule has 0 bridgehead atoms. The number of benzene rings is 3. The van der Waals surface area contributed by atoms with Crippen molar-refractivity contribution in [2.45, 2.75) is 32.4 Å². The highest BCUT2D eigenvalue weighted by Crippen LogP contribution is 2.34. The number of fused-ring (bicyclic) bond motifs is 1. The lowest BCUT2D eigenvalue weighted by Crippen LogP contribution is -2.46. The first-order valence-corrected chi connectivity index (χ1v) is 12.2. The molecule has 0 aliphatic carbocycles. The van der Waals surface area contributed by atoms with Crippen molar-refractivity contribution in [1.82, 2.24) is 14.7 Å². The third-order valence-electron chi connectivity index (χ3n) is 6.76. The van der Waals surface area contributed by atoms with E-state index in [1.165, 1.54) is 10.2 Å². The lowest BCUT2D eigenvalue weighted by atomic mass is 9.96. The van der Waals surface area contributed by atoms with E-state index in [9.17, 15) is 9.59 Å². The van der Waals surface area contributed by atoms with Gasteiger partial charge in [-0.3, -0.25) is 9.59 Å². The Hall–Kier alpha value is -4.39. The SMILES string of the molecule is COc1ccc(CN2C(=O)c3cc(-c4ccc(OC)cc4)nn3C(=O)C2c2ccc(C(C)C)cc2)cc1. The van der Waals surface area contributed by atoms with E-state index in [4.69, 9.17) is 9.47 Å². The molecule has 7 heteroatoms. The third-order valence-corrected chi connectivity index (χ3v) is 6.76. The number of carbonyl (C=O) groups is 2. The largest absolute Gasteiger partial charge is 0.497 e. The summed E-state index contributed by atoms with van der Waals surface area (Å²) in [6.45, 7) is 4.52. The number of nitrogens with zero attached hydrogens (tertiary/aromatic N) is 3. The Morgan fingerprint density at radius 3 is 2.00 bits per heavy atom. The van der Waals surface area contributed by atoms with E-state index in [2.05, 4.69) is 18.9 Å². The molecule has 0 spiro atoms. The maximum absolute atomic E-state index is 13.9. The maximum atomic E-state index is 13.9. The molecule has 1 unspecified atom stereocenters. The standard InChI is InChI=1S/C30H29N3O4/c1-19(2)21-7-9-23(10-8-21)28-30(35)33-27(17-26(31-33)22-11-15-25(37-4)16-12-22)29(34)32(28)18-20-5-13-24(36-3)14-6-20/h5-17,19,28H,18H2,1-4H3. The molecule has 1 amide bonds. The summed E-state index contributed by atoms with van der Waals surface area (Å²) in [5, 5.41) is 4.56. The van der Waals surface area contributed by atoms with E-state index in [1.54, 1.807) is 25.2 Å². The van der Waals surface area contributed by atoms with Crippen LogP contribution in [0.4, 0.5) is 0 Å². The zero-order valence-corrected chi connectivity index (χ0v) is 21.3. The van der Waals surface area contributed by atoms with Gasteiger partial charge in [0.15, 0.2) is 0 Å². The monoisotopic (exact) mass is 495 g/mol. The van der Waals surface area contributed by atoms with Crippen LogP contribution < -0.4 is 9.47 Å². The molecule has 0 saturated carbocycles. The maximum Gasteiger partial charge on any atom is 0.275 e. The number of hydrogen-bond donors (Lipinski definition) is 0. The van der Waals surface area contributed by atoms with Gasteiger partial charge < -0.3 is 14.4 Å². The van der Waals surface area contributed by atoms with Gasteiger partial charge >= 0.3 is 0 Å². The predicted molar refractivity (Wildman–Crippen MR) is 141 cm³/mol. The average molecular weight is 496 g/mol. The molecule has 1 aliphatic heterocycles. The van der Waals surface area contributed by atoms with E-state index in [1.807, 2.05) is 72.8 Å². The van der Waals surface area contributed by atoms with Gasteiger partial charge in [0, 0.05) is 12.1 Å². The minimum Gasteiger partial charge on any atom is -0.497 e. The van der Waals surface area contributed by atoms with Gasteiger partial charge in [-0.05, 0) is 65.1 Å². The molecule has 5 rings (SSSR count). The minimum atomic E-state index is -0.799. The first kappa shape index (κ1) is 24.3. The average Bonchev–Trinajstić information content (AvgIpc) is 3.38. The minimum absolute atomic E-state index is 0.249. The smallest absolute Gasteiger partial charge is 0.275 e.